The van der Waals surface area contributed by atoms with Crippen LogP contribution in [-0.2, 0) is 14.3 Å². The van der Waals surface area contributed by atoms with Crippen LogP contribution < -0.4 is 0 Å². The zero-order chi connectivity index (χ0) is 18.4. The van der Waals surface area contributed by atoms with E-state index in [4.69, 9.17) is 9.47 Å². The molecule has 4 aliphatic carbocycles. The highest BCUT2D eigenvalue weighted by Gasteiger charge is 2.57. The standard InChI is InChI=1S/C23H38O3/c1-4-25-21(24)15-26-17-9-13-23(3)16(14-17)7-8-18-19-6-5-11-22(19,2)12-10-20(18)23/h16-20H,4-15H2,1-3H3/t16-,17?,18?,19?,20?,22?,23?/m0/s1. The molecule has 4 aliphatic rings. The molecule has 4 fully saturated rings. The third-order valence-electron chi connectivity index (χ3n) is 9.14. The summed E-state index contributed by atoms with van der Waals surface area (Å²) in [6.07, 6.45) is 14.0. The van der Waals surface area contributed by atoms with Crippen LogP contribution in [0.5, 0.6) is 0 Å². The van der Waals surface area contributed by atoms with Gasteiger partial charge in [0.15, 0.2) is 0 Å². The lowest BCUT2D eigenvalue weighted by Crippen LogP contribution is -2.53. The van der Waals surface area contributed by atoms with Gasteiger partial charge in [-0.25, -0.2) is 4.79 Å². The van der Waals surface area contributed by atoms with Crippen molar-refractivity contribution in [1.82, 2.24) is 0 Å². The van der Waals surface area contributed by atoms with E-state index in [2.05, 4.69) is 13.8 Å². The molecule has 3 heteroatoms. The Morgan fingerprint density at radius 2 is 1.85 bits per heavy atom. The third-order valence-corrected chi connectivity index (χ3v) is 9.14. The van der Waals surface area contributed by atoms with Crippen LogP contribution in [0.25, 0.3) is 0 Å². The monoisotopic (exact) mass is 362 g/mol. The lowest BCUT2D eigenvalue weighted by molar-refractivity contribution is -0.157. The highest BCUT2D eigenvalue weighted by molar-refractivity contribution is 5.70. The summed E-state index contributed by atoms with van der Waals surface area (Å²) >= 11 is 0. The minimum absolute atomic E-state index is 0.133. The second kappa shape index (κ2) is 7.11. The number of ether oxygens (including phenoxy) is 2. The Labute approximate surface area is 159 Å². The van der Waals surface area contributed by atoms with Crippen LogP contribution in [0, 0.1) is 34.5 Å². The number of esters is 1. The maximum atomic E-state index is 11.6. The predicted molar refractivity (Wildman–Crippen MR) is 103 cm³/mol. The van der Waals surface area contributed by atoms with Crippen molar-refractivity contribution in [3.63, 3.8) is 0 Å². The molecule has 0 amide bonds. The van der Waals surface area contributed by atoms with Crippen molar-refractivity contribution in [3.8, 4) is 0 Å². The Morgan fingerprint density at radius 1 is 1.00 bits per heavy atom. The topological polar surface area (TPSA) is 35.5 Å². The maximum Gasteiger partial charge on any atom is 0.332 e. The fraction of sp³-hybridized carbons (Fsp3) is 0.957. The lowest BCUT2D eigenvalue weighted by atomic mass is 9.45. The summed E-state index contributed by atoms with van der Waals surface area (Å²) in [6.45, 7) is 7.62. The number of fused-ring (bicyclic) bond motifs is 5. The molecule has 26 heavy (non-hydrogen) atoms. The van der Waals surface area contributed by atoms with Crippen LogP contribution in [0.4, 0.5) is 0 Å². The molecule has 4 rings (SSSR count). The van der Waals surface area contributed by atoms with Gasteiger partial charge in [-0.05, 0) is 99.2 Å². The molecule has 6 unspecified atom stereocenters. The highest BCUT2D eigenvalue weighted by Crippen LogP contribution is 2.66. The first-order valence-corrected chi connectivity index (χ1v) is 11.2. The summed E-state index contributed by atoms with van der Waals surface area (Å²) in [5.41, 5.74) is 1.17. The van der Waals surface area contributed by atoms with E-state index in [-0.39, 0.29) is 18.7 Å². The van der Waals surface area contributed by atoms with E-state index in [1.165, 1.54) is 51.4 Å². The van der Waals surface area contributed by atoms with Crippen LogP contribution in [-0.4, -0.2) is 25.3 Å². The number of carbonyl (C=O) groups excluding carboxylic acids is 1. The van der Waals surface area contributed by atoms with Crippen molar-refractivity contribution in [2.75, 3.05) is 13.2 Å². The summed E-state index contributed by atoms with van der Waals surface area (Å²) in [7, 11) is 0. The maximum absolute atomic E-state index is 11.6. The Kier molecular flexibility index (Phi) is 5.14. The SMILES string of the molecule is CCOC(=O)COC1CCC2(C)C3CCC4(C)CCCC4C3CC[C@H]2C1. The van der Waals surface area contributed by atoms with Crippen molar-refractivity contribution < 1.29 is 14.3 Å². The normalized spacial score (nSPS) is 47.6. The van der Waals surface area contributed by atoms with E-state index >= 15 is 0 Å². The Bertz CT molecular complexity index is 532. The van der Waals surface area contributed by atoms with E-state index in [0.29, 0.717) is 17.4 Å². The second-order valence-corrected chi connectivity index (χ2v) is 10.3. The largest absolute Gasteiger partial charge is 0.464 e. The molecular weight excluding hydrogens is 324 g/mol. The van der Waals surface area contributed by atoms with Gasteiger partial charge < -0.3 is 9.47 Å². The van der Waals surface area contributed by atoms with Crippen LogP contribution in [0.15, 0.2) is 0 Å². The lowest BCUT2D eigenvalue weighted by Gasteiger charge is -2.60. The highest BCUT2D eigenvalue weighted by atomic mass is 16.6. The molecule has 3 nitrogen and oxygen atoms in total. The zero-order valence-electron chi connectivity index (χ0n) is 17.1. The van der Waals surface area contributed by atoms with Gasteiger partial charge in [-0.15, -0.1) is 0 Å². The van der Waals surface area contributed by atoms with Gasteiger partial charge >= 0.3 is 5.97 Å². The third kappa shape index (κ3) is 3.12. The first kappa shape index (κ1) is 18.8. The zero-order valence-corrected chi connectivity index (χ0v) is 17.1. The molecule has 0 N–H and O–H groups in total. The Balaban J connectivity index is 1.40. The summed E-state index contributed by atoms with van der Waals surface area (Å²) in [6, 6.07) is 0. The van der Waals surface area contributed by atoms with E-state index in [1.54, 1.807) is 0 Å². The van der Waals surface area contributed by atoms with E-state index < -0.39 is 0 Å². The van der Waals surface area contributed by atoms with Gasteiger partial charge in [0.25, 0.3) is 0 Å². The minimum atomic E-state index is -0.211. The molecule has 0 spiro atoms. The van der Waals surface area contributed by atoms with Crippen LogP contribution in [0.3, 0.4) is 0 Å². The minimum Gasteiger partial charge on any atom is -0.464 e. The van der Waals surface area contributed by atoms with E-state index in [9.17, 15) is 4.79 Å². The van der Waals surface area contributed by atoms with Gasteiger partial charge in [-0.3, -0.25) is 0 Å². The van der Waals surface area contributed by atoms with E-state index in [1.807, 2.05) is 6.92 Å². The molecule has 4 saturated carbocycles. The Hall–Kier alpha value is -0.570. The van der Waals surface area contributed by atoms with Crippen molar-refractivity contribution in [3.05, 3.63) is 0 Å². The molecule has 0 aromatic heterocycles. The van der Waals surface area contributed by atoms with Gasteiger partial charge in [-0.1, -0.05) is 20.3 Å². The summed E-state index contributed by atoms with van der Waals surface area (Å²) in [5.74, 6) is 3.49. The number of hydrogen-bond donors (Lipinski definition) is 0. The number of rotatable bonds is 4. The van der Waals surface area contributed by atoms with Crippen molar-refractivity contribution in [2.45, 2.75) is 91.1 Å². The number of carbonyl (C=O) groups is 1. The molecular formula is C23H38O3. The van der Waals surface area contributed by atoms with Gasteiger partial charge in [0.2, 0.25) is 0 Å². The molecule has 0 aromatic rings. The molecule has 0 heterocycles. The fourth-order valence-electron chi connectivity index (χ4n) is 7.75. The van der Waals surface area contributed by atoms with Crippen LogP contribution in [0.1, 0.15) is 85.0 Å². The Morgan fingerprint density at radius 3 is 2.65 bits per heavy atom. The second-order valence-electron chi connectivity index (χ2n) is 10.3. The molecule has 0 aliphatic heterocycles. The number of hydrogen-bond acceptors (Lipinski definition) is 3. The van der Waals surface area contributed by atoms with Crippen molar-refractivity contribution in [2.24, 2.45) is 34.5 Å². The fourth-order valence-corrected chi connectivity index (χ4v) is 7.75. The van der Waals surface area contributed by atoms with Gasteiger partial charge in [0.05, 0.1) is 12.7 Å². The summed E-state index contributed by atoms with van der Waals surface area (Å²) < 4.78 is 11.0. The molecule has 0 aromatic carbocycles. The molecule has 148 valence electrons. The van der Waals surface area contributed by atoms with Crippen molar-refractivity contribution >= 4 is 5.97 Å². The quantitative estimate of drug-likeness (QED) is 0.631. The summed E-state index contributed by atoms with van der Waals surface area (Å²) in [4.78, 5) is 11.6. The molecule has 0 radical (unpaired) electrons. The first-order valence-electron chi connectivity index (χ1n) is 11.2. The van der Waals surface area contributed by atoms with Gasteiger partial charge in [0, 0.05) is 0 Å². The first-order chi connectivity index (χ1) is 12.5. The average Bonchev–Trinajstić information content (AvgIpc) is 3.02. The smallest absolute Gasteiger partial charge is 0.332 e. The average molecular weight is 363 g/mol. The molecule has 0 bridgehead atoms. The van der Waals surface area contributed by atoms with Crippen LogP contribution >= 0.6 is 0 Å². The van der Waals surface area contributed by atoms with Crippen LogP contribution in [0.2, 0.25) is 0 Å². The molecule has 0 saturated heterocycles. The molecule has 7 atom stereocenters. The predicted octanol–water partition coefficient (Wildman–Crippen LogP) is 5.37. The van der Waals surface area contributed by atoms with Gasteiger partial charge in [-0.2, -0.15) is 0 Å². The van der Waals surface area contributed by atoms with E-state index in [0.717, 1.165) is 36.5 Å². The van der Waals surface area contributed by atoms with Crippen molar-refractivity contribution in [1.29, 1.82) is 0 Å². The summed E-state index contributed by atoms with van der Waals surface area (Å²) in [5, 5.41) is 0. The van der Waals surface area contributed by atoms with Gasteiger partial charge in [0.1, 0.15) is 6.61 Å².